The summed E-state index contributed by atoms with van der Waals surface area (Å²) in [6.07, 6.45) is 2.24. The van der Waals surface area contributed by atoms with Crippen LogP contribution in [-0.2, 0) is 6.42 Å². The first-order valence-corrected chi connectivity index (χ1v) is 8.60. The first-order chi connectivity index (χ1) is 12.1. The second-order valence-corrected chi connectivity index (χ2v) is 6.49. The molecule has 4 heteroatoms. The van der Waals surface area contributed by atoms with E-state index in [2.05, 4.69) is 19.1 Å². The lowest BCUT2D eigenvalue weighted by atomic mass is 9.92. The molecular formula is C21H19FN2O. The fraction of sp³-hybridized carbons (Fsp3) is 0.238. The van der Waals surface area contributed by atoms with Gasteiger partial charge >= 0.3 is 0 Å². The summed E-state index contributed by atoms with van der Waals surface area (Å²) in [5, 5.41) is 4.79. The van der Waals surface area contributed by atoms with E-state index in [1.807, 2.05) is 22.9 Å². The maximum Gasteiger partial charge on any atom is 0.166 e. The fourth-order valence-corrected chi connectivity index (χ4v) is 3.55. The predicted molar refractivity (Wildman–Crippen MR) is 95.1 cm³/mol. The van der Waals surface area contributed by atoms with Crippen molar-refractivity contribution in [2.75, 3.05) is 0 Å². The van der Waals surface area contributed by atoms with Crippen LogP contribution in [0.25, 0.3) is 11.3 Å². The largest absolute Gasteiger partial charge is 0.294 e. The summed E-state index contributed by atoms with van der Waals surface area (Å²) in [5.41, 5.74) is 4.30. The molecule has 1 unspecified atom stereocenters. The van der Waals surface area contributed by atoms with Crippen LogP contribution in [0.1, 0.15) is 47.4 Å². The Labute approximate surface area is 146 Å². The van der Waals surface area contributed by atoms with Gasteiger partial charge in [-0.15, -0.1) is 0 Å². The molecule has 1 heterocycles. The summed E-state index contributed by atoms with van der Waals surface area (Å²) in [6.45, 7) is 2.09. The van der Waals surface area contributed by atoms with Crippen LogP contribution in [0.4, 0.5) is 4.39 Å². The van der Waals surface area contributed by atoms with Crippen molar-refractivity contribution in [3.63, 3.8) is 0 Å². The Morgan fingerprint density at radius 3 is 2.48 bits per heavy atom. The average molecular weight is 334 g/mol. The highest BCUT2D eigenvalue weighted by Gasteiger charge is 2.29. The number of aromatic nitrogens is 2. The van der Waals surface area contributed by atoms with E-state index >= 15 is 0 Å². The minimum absolute atomic E-state index is 0.0371. The van der Waals surface area contributed by atoms with Gasteiger partial charge < -0.3 is 0 Å². The number of halogens is 1. The molecular weight excluding hydrogens is 315 g/mol. The molecule has 25 heavy (non-hydrogen) atoms. The van der Waals surface area contributed by atoms with Crippen LogP contribution in [0, 0.1) is 5.82 Å². The van der Waals surface area contributed by atoms with E-state index in [0.717, 1.165) is 29.7 Å². The van der Waals surface area contributed by atoms with Gasteiger partial charge in [-0.25, -0.2) is 4.39 Å². The Bertz CT molecular complexity index is 913. The lowest BCUT2D eigenvalue weighted by molar-refractivity contribution is 0.0972. The molecule has 3 nitrogen and oxygen atoms in total. The van der Waals surface area contributed by atoms with Crippen LogP contribution in [0.3, 0.4) is 0 Å². The van der Waals surface area contributed by atoms with Gasteiger partial charge in [-0.05, 0) is 49.6 Å². The Kier molecular flexibility index (Phi) is 3.96. The van der Waals surface area contributed by atoms with Crippen LogP contribution in [0.5, 0.6) is 0 Å². The van der Waals surface area contributed by atoms with Gasteiger partial charge in [0.05, 0.1) is 17.3 Å². The van der Waals surface area contributed by atoms with Gasteiger partial charge in [-0.1, -0.05) is 30.3 Å². The molecule has 0 saturated carbocycles. The van der Waals surface area contributed by atoms with E-state index in [-0.39, 0.29) is 17.6 Å². The second-order valence-electron chi connectivity index (χ2n) is 6.49. The molecule has 0 saturated heterocycles. The monoisotopic (exact) mass is 334 g/mol. The molecule has 126 valence electrons. The van der Waals surface area contributed by atoms with Gasteiger partial charge in [0, 0.05) is 12.0 Å². The molecule has 0 fully saturated rings. The normalized spacial score (nSPS) is 15.0. The third-order valence-corrected chi connectivity index (χ3v) is 4.87. The van der Waals surface area contributed by atoms with Gasteiger partial charge in [-0.3, -0.25) is 9.48 Å². The minimum atomic E-state index is -0.291. The van der Waals surface area contributed by atoms with Crippen molar-refractivity contribution in [1.29, 1.82) is 0 Å². The standard InChI is InChI=1S/C21H19FN2O/c1-14(15-6-3-2-4-7-15)24-18-8-5-9-19(25)20(18)21(23-24)16-10-12-17(22)13-11-16/h2-4,6-7,10-14H,5,8-9H2,1H3. The molecule has 1 aliphatic rings. The van der Waals surface area contributed by atoms with E-state index in [1.54, 1.807) is 12.1 Å². The number of hydrogen-bond acceptors (Lipinski definition) is 2. The van der Waals surface area contributed by atoms with E-state index in [4.69, 9.17) is 5.10 Å². The fourth-order valence-electron chi connectivity index (χ4n) is 3.55. The highest BCUT2D eigenvalue weighted by molar-refractivity contribution is 6.03. The highest BCUT2D eigenvalue weighted by atomic mass is 19.1. The zero-order valence-corrected chi connectivity index (χ0v) is 14.1. The van der Waals surface area contributed by atoms with Crippen molar-refractivity contribution in [1.82, 2.24) is 9.78 Å². The molecule has 0 spiro atoms. The molecule has 0 radical (unpaired) electrons. The first kappa shape index (κ1) is 15.8. The highest BCUT2D eigenvalue weighted by Crippen LogP contribution is 2.34. The third kappa shape index (κ3) is 2.78. The number of carbonyl (C=O) groups is 1. The Balaban J connectivity index is 1.87. The predicted octanol–water partition coefficient (Wildman–Crippen LogP) is 4.82. The van der Waals surface area contributed by atoms with Crippen LogP contribution in [0.2, 0.25) is 0 Å². The lowest BCUT2D eigenvalue weighted by Gasteiger charge is -2.18. The molecule has 1 aliphatic carbocycles. The zero-order valence-electron chi connectivity index (χ0n) is 14.1. The zero-order chi connectivity index (χ0) is 17.4. The number of rotatable bonds is 3. The van der Waals surface area contributed by atoms with E-state index < -0.39 is 0 Å². The number of ketones is 1. The van der Waals surface area contributed by atoms with Gasteiger partial charge in [0.1, 0.15) is 11.5 Å². The number of benzene rings is 2. The molecule has 0 bridgehead atoms. The van der Waals surface area contributed by atoms with Crippen molar-refractivity contribution in [2.45, 2.75) is 32.2 Å². The second kappa shape index (κ2) is 6.28. The molecule has 0 N–H and O–H groups in total. The van der Waals surface area contributed by atoms with Crippen LogP contribution < -0.4 is 0 Å². The maximum atomic E-state index is 13.3. The van der Waals surface area contributed by atoms with Crippen molar-refractivity contribution >= 4 is 5.78 Å². The number of nitrogens with zero attached hydrogens (tertiary/aromatic N) is 2. The summed E-state index contributed by atoms with van der Waals surface area (Å²) in [5.74, 6) is -0.159. The quantitative estimate of drug-likeness (QED) is 0.688. The van der Waals surface area contributed by atoms with Gasteiger partial charge in [0.15, 0.2) is 5.78 Å². The molecule has 1 aromatic heterocycles. The van der Waals surface area contributed by atoms with Gasteiger partial charge in [0.25, 0.3) is 0 Å². The summed E-state index contributed by atoms with van der Waals surface area (Å²) < 4.78 is 15.3. The Morgan fingerprint density at radius 2 is 1.76 bits per heavy atom. The van der Waals surface area contributed by atoms with Gasteiger partial charge in [0.2, 0.25) is 0 Å². The van der Waals surface area contributed by atoms with E-state index in [1.165, 1.54) is 12.1 Å². The van der Waals surface area contributed by atoms with Crippen molar-refractivity contribution in [3.8, 4) is 11.3 Å². The summed E-state index contributed by atoms with van der Waals surface area (Å²) in [4.78, 5) is 12.6. The summed E-state index contributed by atoms with van der Waals surface area (Å²) in [7, 11) is 0. The van der Waals surface area contributed by atoms with E-state index in [0.29, 0.717) is 17.7 Å². The van der Waals surface area contributed by atoms with Gasteiger partial charge in [-0.2, -0.15) is 5.10 Å². The molecule has 0 aliphatic heterocycles. The van der Waals surface area contributed by atoms with Crippen LogP contribution >= 0.6 is 0 Å². The summed E-state index contributed by atoms with van der Waals surface area (Å²) >= 11 is 0. The molecule has 4 rings (SSSR count). The van der Waals surface area contributed by atoms with Crippen molar-refractivity contribution in [3.05, 3.63) is 77.2 Å². The third-order valence-electron chi connectivity index (χ3n) is 4.87. The SMILES string of the molecule is CC(c1ccccc1)n1nc(-c2ccc(F)cc2)c2c1CCCC2=O. The Hall–Kier alpha value is -2.75. The van der Waals surface area contributed by atoms with Crippen molar-refractivity contribution in [2.24, 2.45) is 0 Å². The van der Waals surface area contributed by atoms with E-state index in [9.17, 15) is 9.18 Å². The average Bonchev–Trinajstić information content (AvgIpc) is 3.03. The van der Waals surface area contributed by atoms with Crippen LogP contribution in [0.15, 0.2) is 54.6 Å². The maximum absolute atomic E-state index is 13.3. The summed E-state index contributed by atoms with van der Waals surface area (Å²) in [6, 6.07) is 16.4. The number of fused-ring (bicyclic) bond motifs is 1. The molecule has 1 atom stereocenters. The molecule has 3 aromatic rings. The van der Waals surface area contributed by atoms with Crippen LogP contribution in [-0.4, -0.2) is 15.6 Å². The number of carbonyl (C=O) groups excluding carboxylic acids is 1. The molecule has 2 aromatic carbocycles. The number of hydrogen-bond donors (Lipinski definition) is 0. The Morgan fingerprint density at radius 1 is 1.04 bits per heavy atom. The molecule has 0 amide bonds. The van der Waals surface area contributed by atoms with Crippen molar-refractivity contribution < 1.29 is 9.18 Å². The first-order valence-electron chi connectivity index (χ1n) is 8.60. The topological polar surface area (TPSA) is 34.9 Å². The smallest absolute Gasteiger partial charge is 0.166 e. The number of Topliss-reactive ketones (excluding diaryl/α,β-unsaturated/α-hetero) is 1. The minimum Gasteiger partial charge on any atom is -0.294 e. The lowest BCUT2D eigenvalue weighted by Crippen LogP contribution is -2.17.